The van der Waals surface area contributed by atoms with E-state index in [9.17, 15) is 4.79 Å². The molecule has 0 bridgehead atoms. The topological polar surface area (TPSA) is 79.5 Å². The molecule has 0 fully saturated rings. The smallest absolute Gasteiger partial charge is 0.224 e. The summed E-state index contributed by atoms with van der Waals surface area (Å²) in [5.41, 5.74) is 5.89. The highest BCUT2D eigenvalue weighted by Gasteiger charge is 2.24. The van der Waals surface area contributed by atoms with Crippen LogP contribution in [0.25, 0.3) is 0 Å². The van der Waals surface area contributed by atoms with Crippen molar-refractivity contribution >= 4 is 11.9 Å². The summed E-state index contributed by atoms with van der Waals surface area (Å²) in [5.74, 6) is 0.356. The third kappa shape index (κ3) is 5.30. The van der Waals surface area contributed by atoms with E-state index in [0.29, 0.717) is 19.0 Å². The number of hydrogen-bond acceptors (Lipinski definition) is 2. The second-order valence-corrected chi connectivity index (χ2v) is 5.28. The Kier molecular flexibility index (Phi) is 6.03. The average molecular weight is 276 g/mol. The van der Waals surface area contributed by atoms with Crippen molar-refractivity contribution in [2.24, 2.45) is 16.1 Å². The van der Waals surface area contributed by atoms with Gasteiger partial charge in [-0.3, -0.25) is 4.79 Å². The maximum Gasteiger partial charge on any atom is 0.224 e. The Bertz CT molecular complexity index is 454. The predicted molar refractivity (Wildman–Crippen MR) is 82.2 cm³/mol. The number of aliphatic imine (C=N–C) groups is 1. The van der Waals surface area contributed by atoms with Gasteiger partial charge in [0, 0.05) is 13.1 Å². The van der Waals surface area contributed by atoms with Crippen LogP contribution in [0, 0.1) is 5.41 Å². The lowest BCUT2D eigenvalue weighted by molar-refractivity contribution is -0.125. The van der Waals surface area contributed by atoms with E-state index in [-0.39, 0.29) is 5.91 Å². The molecule has 5 nitrogen and oxygen atoms in total. The average Bonchev–Trinajstić information content (AvgIpc) is 2.43. The van der Waals surface area contributed by atoms with Crippen LogP contribution in [0.1, 0.15) is 26.3 Å². The zero-order valence-electron chi connectivity index (χ0n) is 12.4. The van der Waals surface area contributed by atoms with Gasteiger partial charge < -0.3 is 16.4 Å². The van der Waals surface area contributed by atoms with Crippen molar-refractivity contribution in [3.63, 3.8) is 0 Å². The van der Waals surface area contributed by atoms with E-state index in [1.54, 1.807) is 0 Å². The van der Waals surface area contributed by atoms with Gasteiger partial charge in [-0.05, 0) is 26.3 Å². The standard InChI is InChI=1S/C15H24N4O/c1-4-17-14(19-11-15(2,3)13(16)20)18-10-12-8-6-5-7-9-12/h5-9H,4,10-11H2,1-3H3,(H2,16,20)(H2,17,18,19). The monoisotopic (exact) mass is 276 g/mol. The zero-order chi connectivity index (χ0) is 15.0. The number of nitrogens with two attached hydrogens (primary N) is 1. The number of primary amides is 1. The van der Waals surface area contributed by atoms with Crippen LogP contribution in [0.2, 0.25) is 0 Å². The van der Waals surface area contributed by atoms with Gasteiger partial charge >= 0.3 is 0 Å². The number of benzene rings is 1. The van der Waals surface area contributed by atoms with Crippen LogP contribution in [-0.4, -0.2) is 25.0 Å². The molecule has 0 atom stereocenters. The van der Waals surface area contributed by atoms with E-state index in [4.69, 9.17) is 5.73 Å². The van der Waals surface area contributed by atoms with Gasteiger partial charge in [0.1, 0.15) is 0 Å². The number of carbonyl (C=O) groups excluding carboxylic acids is 1. The third-order valence-corrected chi connectivity index (χ3v) is 2.97. The molecule has 20 heavy (non-hydrogen) atoms. The molecule has 0 aromatic heterocycles. The summed E-state index contributed by atoms with van der Waals surface area (Å²) < 4.78 is 0. The van der Waals surface area contributed by atoms with Crippen molar-refractivity contribution in [3.05, 3.63) is 35.9 Å². The highest BCUT2D eigenvalue weighted by molar-refractivity contribution is 5.83. The fourth-order valence-corrected chi connectivity index (χ4v) is 1.49. The van der Waals surface area contributed by atoms with Gasteiger partial charge in [0.2, 0.25) is 5.91 Å². The highest BCUT2D eigenvalue weighted by atomic mass is 16.1. The lowest BCUT2D eigenvalue weighted by Crippen LogP contribution is -2.46. The van der Waals surface area contributed by atoms with Crippen LogP contribution in [-0.2, 0) is 11.3 Å². The van der Waals surface area contributed by atoms with E-state index < -0.39 is 5.41 Å². The van der Waals surface area contributed by atoms with Gasteiger partial charge in [-0.2, -0.15) is 0 Å². The predicted octanol–water partition coefficient (Wildman–Crippen LogP) is 1.25. The first-order chi connectivity index (χ1) is 9.45. The molecule has 0 aliphatic rings. The van der Waals surface area contributed by atoms with E-state index in [1.807, 2.05) is 51.1 Å². The second kappa shape index (κ2) is 7.53. The Morgan fingerprint density at radius 3 is 2.45 bits per heavy atom. The molecular formula is C15H24N4O. The molecule has 1 aromatic carbocycles. The molecule has 0 saturated heterocycles. The summed E-state index contributed by atoms with van der Waals surface area (Å²) >= 11 is 0. The summed E-state index contributed by atoms with van der Waals surface area (Å²) in [6.45, 7) is 7.42. The van der Waals surface area contributed by atoms with Crippen molar-refractivity contribution < 1.29 is 4.79 Å². The van der Waals surface area contributed by atoms with E-state index in [0.717, 1.165) is 12.1 Å². The molecule has 0 spiro atoms. The van der Waals surface area contributed by atoms with E-state index >= 15 is 0 Å². The normalized spacial score (nSPS) is 12.1. The minimum atomic E-state index is -0.608. The molecule has 0 aliphatic carbocycles. The van der Waals surface area contributed by atoms with Gasteiger partial charge in [-0.15, -0.1) is 0 Å². The van der Waals surface area contributed by atoms with Crippen LogP contribution in [0.15, 0.2) is 35.3 Å². The number of amides is 1. The fraction of sp³-hybridized carbons (Fsp3) is 0.467. The Morgan fingerprint density at radius 1 is 1.25 bits per heavy atom. The fourth-order valence-electron chi connectivity index (χ4n) is 1.49. The molecule has 1 rings (SSSR count). The molecule has 4 N–H and O–H groups in total. The molecule has 0 unspecified atom stereocenters. The first-order valence-corrected chi connectivity index (χ1v) is 6.81. The van der Waals surface area contributed by atoms with Crippen LogP contribution < -0.4 is 16.4 Å². The molecule has 0 saturated carbocycles. The summed E-state index contributed by atoms with van der Waals surface area (Å²) in [5, 5.41) is 6.30. The Balaban J connectivity index is 2.62. The molecule has 1 aromatic rings. The lowest BCUT2D eigenvalue weighted by atomic mass is 9.93. The second-order valence-electron chi connectivity index (χ2n) is 5.28. The van der Waals surface area contributed by atoms with Crippen LogP contribution in [0.3, 0.4) is 0 Å². The van der Waals surface area contributed by atoms with Gasteiger partial charge in [-0.25, -0.2) is 4.99 Å². The van der Waals surface area contributed by atoms with Crippen LogP contribution >= 0.6 is 0 Å². The van der Waals surface area contributed by atoms with E-state index in [1.165, 1.54) is 0 Å². The molecule has 0 radical (unpaired) electrons. The minimum Gasteiger partial charge on any atom is -0.369 e. The number of nitrogens with zero attached hydrogens (tertiary/aromatic N) is 1. The molecule has 110 valence electrons. The van der Waals surface area contributed by atoms with Crippen LogP contribution in [0.5, 0.6) is 0 Å². The zero-order valence-corrected chi connectivity index (χ0v) is 12.4. The highest BCUT2D eigenvalue weighted by Crippen LogP contribution is 2.11. The van der Waals surface area contributed by atoms with Gasteiger partial charge in [0.25, 0.3) is 0 Å². The van der Waals surface area contributed by atoms with Crippen molar-refractivity contribution in [1.29, 1.82) is 0 Å². The lowest BCUT2D eigenvalue weighted by Gasteiger charge is -2.22. The summed E-state index contributed by atoms with van der Waals surface area (Å²) in [6.07, 6.45) is 0. The molecule has 5 heteroatoms. The number of guanidine groups is 1. The Morgan fingerprint density at radius 2 is 1.90 bits per heavy atom. The number of carbonyl (C=O) groups is 1. The third-order valence-electron chi connectivity index (χ3n) is 2.97. The number of nitrogens with one attached hydrogen (secondary N) is 2. The molecule has 0 heterocycles. The largest absolute Gasteiger partial charge is 0.369 e. The summed E-state index contributed by atoms with van der Waals surface area (Å²) in [4.78, 5) is 15.8. The Labute approximate surface area is 120 Å². The van der Waals surface area contributed by atoms with Gasteiger partial charge in [-0.1, -0.05) is 30.3 Å². The molecule has 0 aliphatic heterocycles. The van der Waals surface area contributed by atoms with Gasteiger partial charge in [0.05, 0.1) is 12.0 Å². The van der Waals surface area contributed by atoms with Crippen molar-refractivity contribution in [2.45, 2.75) is 27.3 Å². The maximum atomic E-state index is 11.3. The molecular weight excluding hydrogens is 252 g/mol. The maximum absolute atomic E-state index is 11.3. The van der Waals surface area contributed by atoms with E-state index in [2.05, 4.69) is 15.6 Å². The minimum absolute atomic E-state index is 0.330. The van der Waals surface area contributed by atoms with Crippen molar-refractivity contribution in [3.8, 4) is 0 Å². The summed E-state index contributed by atoms with van der Waals surface area (Å²) in [7, 11) is 0. The number of hydrogen-bond donors (Lipinski definition) is 3. The first-order valence-electron chi connectivity index (χ1n) is 6.81. The Hall–Kier alpha value is -2.04. The quantitative estimate of drug-likeness (QED) is 0.540. The van der Waals surface area contributed by atoms with Crippen molar-refractivity contribution in [2.75, 3.05) is 13.1 Å². The van der Waals surface area contributed by atoms with Crippen LogP contribution in [0.4, 0.5) is 0 Å². The van der Waals surface area contributed by atoms with Gasteiger partial charge in [0.15, 0.2) is 5.96 Å². The van der Waals surface area contributed by atoms with Crippen molar-refractivity contribution in [1.82, 2.24) is 10.6 Å². The first kappa shape index (κ1) is 16.0. The SMILES string of the molecule is CCNC(=NCc1ccccc1)NCC(C)(C)C(N)=O. The number of rotatable bonds is 6. The summed E-state index contributed by atoms with van der Waals surface area (Å²) in [6, 6.07) is 10.0. The molecule has 1 amide bonds.